The predicted octanol–water partition coefficient (Wildman–Crippen LogP) is 1.04. The highest BCUT2D eigenvalue weighted by atomic mass is 16.4. The second-order valence-electron chi connectivity index (χ2n) is 4.26. The fraction of sp³-hybridized carbons (Fsp3) is 0.0667. The lowest BCUT2D eigenvalue weighted by atomic mass is 10.1. The highest BCUT2D eigenvalue weighted by Crippen LogP contribution is 2.21. The molecule has 0 aliphatic heterocycles. The molecule has 0 radical (unpaired) electrons. The van der Waals surface area contributed by atoms with Crippen LogP contribution in [-0.4, -0.2) is 5.97 Å². The largest absolute Gasteiger partial charge is 0.548 e. The number of carboxylic acids is 1. The predicted molar refractivity (Wildman–Crippen MR) is 73.4 cm³/mol. The molecule has 0 aliphatic rings. The number of nitrogens with two attached hydrogens (primary N) is 1. The van der Waals surface area contributed by atoms with E-state index in [2.05, 4.69) is 5.32 Å². The van der Waals surface area contributed by atoms with E-state index in [4.69, 9.17) is 11.0 Å². The quantitative estimate of drug-likeness (QED) is 0.805. The van der Waals surface area contributed by atoms with Crippen molar-refractivity contribution in [3.05, 3.63) is 59.7 Å². The summed E-state index contributed by atoms with van der Waals surface area (Å²) in [4.78, 5) is 11.3. The summed E-state index contributed by atoms with van der Waals surface area (Å²) in [6.07, 6.45) is 0. The first-order valence-corrected chi connectivity index (χ1v) is 5.93. The Morgan fingerprint density at radius 3 is 2.50 bits per heavy atom. The Morgan fingerprint density at radius 1 is 1.25 bits per heavy atom. The Balaban J connectivity index is 2.26. The first kappa shape index (κ1) is 13.4. The zero-order valence-corrected chi connectivity index (χ0v) is 10.5. The molecule has 0 saturated heterocycles. The van der Waals surface area contributed by atoms with Crippen LogP contribution >= 0.6 is 0 Å². The van der Waals surface area contributed by atoms with Gasteiger partial charge < -0.3 is 21.0 Å². The molecular formula is C15H12N3O2-. The molecule has 5 nitrogen and oxygen atoms in total. The molecule has 20 heavy (non-hydrogen) atoms. The Bertz CT molecular complexity index is 660. The van der Waals surface area contributed by atoms with Gasteiger partial charge in [-0.1, -0.05) is 12.1 Å². The monoisotopic (exact) mass is 266 g/mol. The van der Waals surface area contributed by atoms with Gasteiger partial charge in [0.1, 0.15) is 0 Å². The van der Waals surface area contributed by atoms with Crippen molar-refractivity contribution < 1.29 is 9.90 Å². The van der Waals surface area contributed by atoms with Gasteiger partial charge in [-0.2, -0.15) is 5.26 Å². The summed E-state index contributed by atoms with van der Waals surface area (Å²) in [7, 11) is 0. The molecule has 0 saturated carbocycles. The van der Waals surface area contributed by atoms with Crippen LogP contribution in [0.15, 0.2) is 48.5 Å². The molecule has 0 spiro atoms. The van der Waals surface area contributed by atoms with E-state index >= 15 is 0 Å². The molecule has 0 amide bonds. The number of nitrogens with zero attached hydrogens (tertiary/aromatic N) is 1. The molecule has 1 atom stereocenters. The standard InChI is InChI=1S/C15H13N3O2/c16-9-10-4-6-13(7-5-10)18-14(15(19)20)11-2-1-3-12(17)8-11/h1-8,14,18H,17H2,(H,19,20)/p-1. The number of carbonyl (C=O) groups is 1. The van der Waals surface area contributed by atoms with Crippen molar-refractivity contribution in [2.75, 3.05) is 11.1 Å². The maximum Gasteiger partial charge on any atom is 0.0991 e. The Kier molecular flexibility index (Phi) is 3.87. The Labute approximate surface area is 116 Å². The first-order chi connectivity index (χ1) is 9.60. The van der Waals surface area contributed by atoms with Crippen LogP contribution < -0.4 is 16.2 Å². The maximum atomic E-state index is 11.3. The van der Waals surface area contributed by atoms with Gasteiger partial charge in [0.05, 0.1) is 23.6 Å². The average Bonchev–Trinajstić information content (AvgIpc) is 2.45. The molecule has 0 bridgehead atoms. The van der Waals surface area contributed by atoms with Gasteiger partial charge in [-0.25, -0.2) is 0 Å². The molecule has 2 aromatic rings. The molecule has 1 unspecified atom stereocenters. The van der Waals surface area contributed by atoms with Crippen LogP contribution in [0.4, 0.5) is 11.4 Å². The third-order valence-electron chi connectivity index (χ3n) is 2.80. The Morgan fingerprint density at radius 2 is 1.95 bits per heavy atom. The number of nitrogens with one attached hydrogen (secondary N) is 1. The van der Waals surface area contributed by atoms with Crippen molar-refractivity contribution in [1.82, 2.24) is 0 Å². The van der Waals surface area contributed by atoms with Crippen LogP contribution in [-0.2, 0) is 4.79 Å². The summed E-state index contributed by atoms with van der Waals surface area (Å²) in [5, 5.41) is 22.8. The van der Waals surface area contributed by atoms with Crippen molar-refractivity contribution in [2.24, 2.45) is 0 Å². The zero-order valence-electron chi connectivity index (χ0n) is 10.5. The smallest absolute Gasteiger partial charge is 0.0991 e. The third-order valence-corrected chi connectivity index (χ3v) is 2.80. The van der Waals surface area contributed by atoms with Crippen LogP contribution in [0, 0.1) is 11.3 Å². The molecule has 0 aliphatic carbocycles. The molecule has 2 aromatic carbocycles. The number of carboxylic acid groups (broad SMARTS) is 1. The van der Waals surface area contributed by atoms with E-state index in [1.165, 1.54) is 0 Å². The highest BCUT2D eigenvalue weighted by Gasteiger charge is 2.12. The topological polar surface area (TPSA) is 102 Å². The molecular weight excluding hydrogens is 254 g/mol. The summed E-state index contributed by atoms with van der Waals surface area (Å²) >= 11 is 0. The maximum absolute atomic E-state index is 11.3. The number of rotatable bonds is 4. The number of nitrogen functional groups attached to an aromatic ring is 1. The van der Waals surface area contributed by atoms with E-state index in [9.17, 15) is 9.90 Å². The number of hydrogen-bond acceptors (Lipinski definition) is 5. The summed E-state index contributed by atoms with van der Waals surface area (Å²) in [6, 6.07) is 14.1. The highest BCUT2D eigenvalue weighted by molar-refractivity contribution is 5.78. The van der Waals surface area contributed by atoms with E-state index in [1.54, 1.807) is 48.5 Å². The minimum Gasteiger partial charge on any atom is -0.548 e. The van der Waals surface area contributed by atoms with E-state index in [0.29, 0.717) is 22.5 Å². The number of hydrogen-bond donors (Lipinski definition) is 2. The lowest BCUT2D eigenvalue weighted by Gasteiger charge is -2.21. The van der Waals surface area contributed by atoms with Crippen molar-refractivity contribution in [3.63, 3.8) is 0 Å². The van der Waals surface area contributed by atoms with Gasteiger partial charge in [-0.3, -0.25) is 0 Å². The lowest BCUT2D eigenvalue weighted by Crippen LogP contribution is -2.34. The van der Waals surface area contributed by atoms with Crippen molar-refractivity contribution >= 4 is 17.3 Å². The minimum absolute atomic E-state index is 0.482. The fourth-order valence-corrected chi connectivity index (χ4v) is 1.82. The van der Waals surface area contributed by atoms with Gasteiger partial charge in [0.25, 0.3) is 0 Å². The normalized spacial score (nSPS) is 11.3. The molecule has 2 rings (SSSR count). The number of carbonyl (C=O) groups excluding carboxylic acids is 1. The van der Waals surface area contributed by atoms with Crippen molar-refractivity contribution in [3.8, 4) is 6.07 Å². The number of aliphatic carboxylic acids is 1. The average molecular weight is 266 g/mol. The molecule has 5 heteroatoms. The fourth-order valence-electron chi connectivity index (χ4n) is 1.82. The van der Waals surface area contributed by atoms with Crippen LogP contribution in [0.1, 0.15) is 17.2 Å². The van der Waals surface area contributed by atoms with Gasteiger partial charge in [-0.05, 0) is 42.0 Å². The van der Waals surface area contributed by atoms with E-state index < -0.39 is 12.0 Å². The Hall–Kier alpha value is -3.00. The zero-order chi connectivity index (χ0) is 14.5. The summed E-state index contributed by atoms with van der Waals surface area (Å²) in [6.45, 7) is 0. The third kappa shape index (κ3) is 3.06. The van der Waals surface area contributed by atoms with Gasteiger partial charge in [-0.15, -0.1) is 0 Å². The van der Waals surface area contributed by atoms with Crippen LogP contribution in [0.2, 0.25) is 0 Å². The molecule has 0 heterocycles. The van der Waals surface area contributed by atoms with Crippen molar-refractivity contribution in [1.29, 1.82) is 5.26 Å². The lowest BCUT2D eigenvalue weighted by molar-refractivity contribution is -0.307. The number of nitriles is 1. The van der Waals surface area contributed by atoms with Gasteiger partial charge in [0.15, 0.2) is 0 Å². The minimum atomic E-state index is -1.25. The van der Waals surface area contributed by atoms with Crippen LogP contribution in [0.3, 0.4) is 0 Å². The van der Waals surface area contributed by atoms with Crippen molar-refractivity contribution in [2.45, 2.75) is 6.04 Å². The SMILES string of the molecule is N#Cc1ccc(NC(C(=O)[O-])c2cccc(N)c2)cc1. The van der Waals surface area contributed by atoms with Gasteiger partial charge in [0.2, 0.25) is 0 Å². The molecule has 100 valence electrons. The number of benzene rings is 2. The summed E-state index contributed by atoms with van der Waals surface area (Å²) < 4.78 is 0. The molecule has 0 fully saturated rings. The summed E-state index contributed by atoms with van der Waals surface area (Å²) in [5.41, 5.74) is 7.73. The summed E-state index contributed by atoms with van der Waals surface area (Å²) in [5.74, 6) is -1.25. The second-order valence-corrected chi connectivity index (χ2v) is 4.26. The van der Waals surface area contributed by atoms with E-state index in [-0.39, 0.29) is 0 Å². The molecule has 0 aromatic heterocycles. The van der Waals surface area contributed by atoms with Gasteiger partial charge >= 0.3 is 0 Å². The van der Waals surface area contributed by atoms with E-state index in [1.807, 2.05) is 6.07 Å². The van der Waals surface area contributed by atoms with Crippen LogP contribution in [0.25, 0.3) is 0 Å². The van der Waals surface area contributed by atoms with Gasteiger partial charge in [0, 0.05) is 11.4 Å². The molecule has 3 N–H and O–H groups in total. The number of anilines is 2. The van der Waals surface area contributed by atoms with Crippen LogP contribution in [0.5, 0.6) is 0 Å². The second kappa shape index (κ2) is 5.76. The van der Waals surface area contributed by atoms with E-state index in [0.717, 1.165) is 0 Å². The first-order valence-electron chi connectivity index (χ1n) is 5.93.